The summed E-state index contributed by atoms with van der Waals surface area (Å²) in [6, 6.07) is 9.01. The fraction of sp³-hybridized carbons (Fsp3) is 0.312. The topological polar surface area (TPSA) is 51.6 Å². The fourth-order valence-corrected chi connectivity index (χ4v) is 1.92. The molecule has 2 rings (SSSR count). The standard InChI is InChI=1S/C16H18ClNO3/c1-16(2,19)10-21-14-5-4-11(8-15(14)20-3)13-9-12(17)6-7-18-13/h4-9,19H,10H2,1-3H3. The Labute approximate surface area is 129 Å². The van der Waals surface area contributed by atoms with Crippen molar-refractivity contribution in [2.45, 2.75) is 19.4 Å². The SMILES string of the molecule is COc1cc(-c2cc(Cl)ccn2)ccc1OCC(C)(C)O. The van der Waals surface area contributed by atoms with Crippen LogP contribution in [0.5, 0.6) is 11.5 Å². The van der Waals surface area contributed by atoms with Crippen molar-refractivity contribution in [2.24, 2.45) is 0 Å². The minimum atomic E-state index is -0.905. The lowest BCUT2D eigenvalue weighted by Crippen LogP contribution is -2.27. The number of ether oxygens (including phenoxy) is 2. The number of hydrogen-bond acceptors (Lipinski definition) is 4. The minimum Gasteiger partial charge on any atom is -0.493 e. The van der Waals surface area contributed by atoms with Gasteiger partial charge in [-0.05, 0) is 44.2 Å². The van der Waals surface area contributed by atoms with E-state index in [0.29, 0.717) is 16.5 Å². The second kappa shape index (κ2) is 6.33. The molecule has 0 aliphatic heterocycles. The van der Waals surface area contributed by atoms with Crippen LogP contribution in [-0.4, -0.2) is 29.4 Å². The molecule has 112 valence electrons. The van der Waals surface area contributed by atoms with Crippen LogP contribution in [0, 0.1) is 0 Å². The average molecular weight is 308 g/mol. The largest absolute Gasteiger partial charge is 0.493 e. The molecule has 0 radical (unpaired) electrons. The first kappa shape index (κ1) is 15.6. The van der Waals surface area contributed by atoms with Gasteiger partial charge in [0.05, 0.1) is 18.4 Å². The third kappa shape index (κ3) is 4.34. The molecule has 0 aliphatic carbocycles. The van der Waals surface area contributed by atoms with Crippen LogP contribution < -0.4 is 9.47 Å². The summed E-state index contributed by atoms with van der Waals surface area (Å²) < 4.78 is 10.9. The van der Waals surface area contributed by atoms with Crippen molar-refractivity contribution in [1.82, 2.24) is 4.98 Å². The van der Waals surface area contributed by atoms with Crippen LogP contribution >= 0.6 is 11.6 Å². The summed E-state index contributed by atoms with van der Waals surface area (Å²) >= 11 is 5.98. The van der Waals surface area contributed by atoms with Gasteiger partial charge in [-0.2, -0.15) is 0 Å². The summed E-state index contributed by atoms with van der Waals surface area (Å²) in [7, 11) is 1.57. The average Bonchev–Trinajstić information content (AvgIpc) is 2.44. The Morgan fingerprint density at radius 3 is 2.57 bits per heavy atom. The van der Waals surface area contributed by atoms with E-state index in [1.807, 2.05) is 12.1 Å². The molecular weight excluding hydrogens is 290 g/mol. The summed E-state index contributed by atoms with van der Waals surface area (Å²) in [4.78, 5) is 4.28. The number of methoxy groups -OCH3 is 1. The molecule has 0 saturated carbocycles. The maximum absolute atomic E-state index is 9.72. The van der Waals surface area contributed by atoms with Crippen molar-refractivity contribution < 1.29 is 14.6 Å². The zero-order chi connectivity index (χ0) is 15.5. The predicted octanol–water partition coefficient (Wildman–Crippen LogP) is 3.56. The van der Waals surface area contributed by atoms with Crippen LogP contribution in [-0.2, 0) is 0 Å². The number of pyridine rings is 1. The van der Waals surface area contributed by atoms with Crippen molar-refractivity contribution in [1.29, 1.82) is 0 Å². The lowest BCUT2D eigenvalue weighted by atomic mass is 10.1. The van der Waals surface area contributed by atoms with E-state index in [9.17, 15) is 5.11 Å². The molecule has 0 spiro atoms. The Morgan fingerprint density at radius 1 is 1.19 bits per heavy atom. The van der Waals surface area contributed by atoms with Gasteiger partial charge in [0.25, 0.3) is 0 Å². The third-order valence-electron chi connectivity index (χ3n) is 2.76. The Bertz CT molecular complexity index is 623. The smallest absolute Gasteiger partial charge is 0.161 e. The highest BCUT2D eigenvalue weighted by atomic mass is 35.5. The van der Waals surface area contributed by atoms with Gasteiger partial charge < -0.3 is 14.6 Å². The van der Waals surface area contributed by atoms with Gasteiger partial charge in [0.15, 0.2) is 11.5 Å². The number of aromatic nitrogens is 1. The molecule has 0 unspecified atom stereocenters. The van der Waals surface area contributed by atoms with Crippen LogP contribution in [0.15, 0.2) is 36.5 Å². The lowest BCUT2D eigenvalue weighted by molar-refractivity contribution is 0.0276. The molecular formula is C16H18ClNO3. The minimum absolute atomic E-state index is 0.179. The Morgan fingerprint density at radius 2 is 1.95 bits per heavy atom. The third-order valence-corrected chi connectivity index (χ3v) is 3.00. The molecule has 0 saturated heterocycles. The fourth-order valence-electron chi connectivity index (χ4n) is 1.76. The van der Waals surface area contributed by atoms with E-state index in [4.69, 9.17) is 21.1 Å². The van der Waals surface area contributed by atoms with E-state index in [0.717, 1.165) is 11.3 Å². The maximum atomic E-state index is 9.72. The molecule has 0 bridgehead atoms. The molecule has 1 heterocycles. The van der Waals surface area contributed by atoms with E-state index < -0.39 is 5.60 Å². The van der Waals surface area contributed by atoms with E-state index >= 15 is 0 Å². The van der Waals surface area contributed by atoms with Gasteiger partial charge in [-0.15, -0.1) is 0 Å². The van der Waals surface area contributed by atoms with Gasteiger partial charge >= 0.3 is 0 Å². The zero-order valence-corrected chi connectivity index (χ0v) is 13.0. The number of halogens is 1. The van der Waals surface area contributed by atoms with Crippen molar-refractivity contribution in [3.05, 3.63) is 41.6 Å². The number of hydrogen-bond donors (Lipinski definition) is 1. The van der Waals surface area contributed by atoms with Crippen molar-refractivity contribution in [2.75, 3.05) is 13.7 Å². The first-order valence-corrected chi connectivity index (χ1v) is 6.92. The normalized spacial score (nSPS) is 11.3. The highest BCUT2D eigenvalue weighted by Crippen LogP contribution is 2.32. The van der Waals surface area contributed by atoms with Crippen molar-refractivity contribution >= 4 is 11.6 Å². The quantitative estimate of drug-likeness (QED) is 0.917. The van der Waals surface area contributed by atoms with Gasteiger partial charge in [-0.25, -0.2) is 0 Å². The molecule has 0 fully saturated rings. The zero-order valence-electron chi connectivity index (χ0n) is 12.3. The van der Waals surface area contributed by atoms with Gasteiger partial charge in [-0.3, -0.25) is 4.98 Å². The first-order valence-electron chi connectivity index (χ1n) is 6.54. The van der Waals surface area contributed by atoms with E-state index in [1.165, 1.54) is 0 Å². The Kier molecular flexibility index (Phi) is 4.70. The van der Waals surface area contributed by atoms with Crippen LogP contribution in [0.4, 0.5) is 0 Å². The molecule has 0 aliphatic rings. The van der Waals surface area contributed by atoms with Crippen LogP contribution in [0.1, 0.15) is 13.8 Å². The molecule has 21 heavy (non-hydrogen) atoms. The van der Waals surface area contributed by atoms with Gasteiger partial charge in [0.1, 0.15) is 6.61 Å². The monoisotopic (exact) mass is 307 g/mol. The van der Waals surface area contributed by atoms with Gasteiger partial charge in [0.2, 0.25) is 0 Å². The number of nitrogens with zero attached hydrogens (tertiary/aromatic N) is 1. The predicted molar refractivity (Wildman–Crippen MR) is 83.0 cm³/mol. The highest BCUT2D eigenvalue weighted by Gasteiger charge is 2.15. The number of aliphatic hydroxyl groups is 1. The lowest BCUT2D eigenvalue weighted by Gasteiger charge is -2.19. The molecule has 2 aromatic rings. The molecule has 1 aromatic heterocycles. The van der Waals surface area contributed by atoms with Crippen molar-refractivity contribution in [3.63, 3.8) is 0 Å². The summed E-state index contributed by atoms with van der Waals surface area (Å²) in [6.07, 6.45) is 1.66. The summed E-state index contributed by atoms with van der Waals surface area (Å²) in [5.41, 5.74) is 0.734. The van der Waals surface area contributed by atoms with Crippen LogP contribution in [0.25, 0.3) is 11.3 Å². The summed E-state index contributed by atoms with van der Waals surface area (Å²) in [5, 5.41) is 10.3. The first-order chi connectivity index (χ1) is 9.89. The van der Waals surface area contributed by atoms with Gasteiger partial charge in [-0.1, -0.05) is 11.6 Å². The molecule has 4 nitrogen and oxygen atoms in total. The van der Waals surface area contributed by atoms with Crippen molar-refractivity contribution in [3.8, 4) is 22.8 Å². The van der Waals surface area contributed by atoms with Gasteiger partial charge in [0, 0.05) is 16.8 Å². The second-order valence-electron chi connectivity index (χ2n) is 5.33. The summed E-state index contributed by atoms with van der Waals surface area (Å²) in [5.74, 6) is 1.16. The molecule has 1 aromatic carbocycles. The second-order valence-corrected chi connectivity index (χ2v) is 5.76. The molecule has 1 N–H and O–H groups in total. The van der Waals surface area contributed by atoms with E-state index in [-0.39, 0.29) is 6.61 Å². The van der Waals surface area contributed by atoms with Crippen LogP contribution in [0.2, 0.25) is 5.02 Å². The number of benzene rings is 1. The molecule has 5 heteroatoms. The Hall–Kier alpha value is -1.78. The molecule has 0 atom stereocenters. The Balaban J connectivity index is 2.28. The molecule has 0 amide bonds. The van der Waals surface area contributed by atoms with Crippen LogP contribution in [0.3, 0.4) is 0 Å². The number of rotatable bonds is 5. The summed E-state index contributed by atoms with van der Waals surface area (Å²) in [6.45, 7) is 3.55. The maximum Gasteiger partial charge on any atom is 0.161 e. The van der Waals surface area contributed by atoms with E-state index in [1.54, 1.807) is 45.4 Å². The van der Waals surface area contributed by atoms with E-state index in [2.05, 4.69) is 4.98 Å². The highest BCUT2D eigenvalue weighted by molar-refractivity contribution is 6.30.